The van der Waals surface area contributed by atoms with Gasteiger partial charge < -0.3 is 5.11 Å². The van der Waals surface area contributed by atoms with E-state index in [1.54, 1.807) is 0 Å². The number of benzene rings is 1. The highest BCUT2D eigenvalue weighted by Gasteiger charge is 2.25. The highest BCUT2D eigenvalue weighted by Crippen LogP contribution is 2.40. The Kier molecular flexibility index (Phi) is 4.19. The van der Waals surface area contributed by atoms with Crippen molar-refractivity contribution >= 4 is 34.8 Å². The van der Waals surface area contributed by atoms with Crippen LogP contribution in [-0.2, 0) is 0 Å². The van der Waals surface area contributed by atoms with E-state index in [1.165, 1.54) is 6.92 Å². The Morgan fingerprint density at radius 3 is 2.67 bits per heavy atom. The molecule has 1 heterocycles. The van der Waals surface area contributed by atoms with Crippen LogP contribution < -0.4 is 0 Å². The highest BCUT2D eigenvalue weighted by atomic mass is 32.2. The standard InChI is InChI=1S/C11H6F2N2O4S2/c1-4-8(10(16)17)20-11(14-4)21-9-6(15(18)19)3-2-5(12)7(9)13/h2-3H,1H3,(H,16,17). The number of rotatable bonds is 4. The summed E-state index contributed by atoms with van der Waals surface area (Å²) in [6.07, 6.45) is 0. The van der Waals surface area contributed by atoms with Gasteiger partial charge in [-0.15, -0.1) is 11.3 Å². The monoisotopic (exact) mass is 332 g/mol. The molecule has 110 valence electrons. The summed E-state index contributed by atoms with van der Waals surface area (Å²) < 4.78 is 27.0. The lowest BCUT2D eigenvalue weighted by Crippen LogP contribution is -1.96. The number of carbonyl (C=O) groups is 1. The summed E-state index contributed by atoms with van der Waals surface area (Å²) in [5.74, 6) is -3.79. The van der Waals surface area contributed by atoms with E-state index >= 15 is 0 Å². The minimum absolute atomic E-state index is 0.0584. The molecule has 1 aromatic heterocycles. The largest absolute Gasteiger partial charge is 0.477 e. The molecule has 0 aliphatic heterocycles. The summed E-state index contributed by atoms with van der Waals surface area (Å²) in [7, 11) is 0. The Labute approximate surface area is 124 Å². The fourth-order valence-corrected chi connectivity index (χ4v) is 3.56. The van der Waals surface area contributed by atoms with Crippen molar-refractivity contribution in [2.45, 2.75) is 16.2 Å². The van der Waals surface area contributed by atoms with Crippen LogP contribution in [0.25, 0.3) is 0 Å². The van der Waals surface area contributed by atoms with Crippen LogP contribution in [0.15, 0.2) is 21.4 Å². The number of carboxylic acids is 1. The van der Waals surface area contributed by atoms with Gasteiger partial charge in [-0.2, -0.15) is 0 Å². The molecule has 2 aromatic rings. The normalized spacial score (nSPS) is 10.6. The quantitative estimate of drug-likeness (QED) is 0.680. The Hall–Kier alpha value is -2.07. The van der Waals surface area contributed by atoms with E-state index in [0.29, 0.717) is 17.8 Å². The summed E-state index contributed by atoms with van der Waals surface area (Å²) in [4.78, 5) is 24.2. The van der Waals surface area contributed by atoms with Gasteiger partial charge in [-0.3, -0.25) is 10.1 Å². The van der Waals surface area contributed by atoms with Gasteiger partial charge in [-0.1, -0.05) is 0 Å². The molecule has 0 saturated heterocycles. The van der Waals surface area contributed by atoms with Crippen LogP contribution in [0.1, 0.15) is 15.4 Å². The molecule has 10 heteroatoms. The van der Waals surface area contributed by atoms with Crippen molar-refractivity contribution < 1.29 is 23.6 Å². The minimum Gasteiger partial charge on any atom is -0.477 e. The molecule has 2 rings (SSSR count). The molecule has 0 fully saturated rings. The first-order valence-corrected chi connectivity index (χ1v) is 6.95. The average molecular weight is 332 g/mol. The summed E-state index contributed by atoms with van der Waals surface area (Å²) in [6.45, 7) is 1.44. The minimum atomic E-state index is -1.36. The topological polar surface area (TPSA) is 93.3 Å². The van der Waals surface area contributed by atoms with Crippen LogP contribution in [0.2, 0.25) is 0 Å². The van der Waals surface area contributed by atoms with E-state index in [0.717, 1.165) is 17.4 Å². The van der Waals surface area contributed by atoms with Gasteiger partial charge in [0.15, 0.2) is 16.0 Å². The molecule has 0 amide bonds. The summed E-state index contributed by atoms with van der Waals surface area (Å²) in [5.41, 5.74) is -0.405. The number of aromatic carboxylic acids is 1. The van der Waals surface area contributed by atoms with Crippen molar-refractivity contribution in [1.29, 1.82) is 0 Å². The summed E-state index contributed by atoms with van der Waals surface area (Å²) in [6, 6.07) is 1.51. The fraction of sp³-hybridized carbons (Fsp3) is 0.0909. The maximum Gasteiger partial charge on any atom is 0.347 e. The Morgan fingerprint density at radius 1 is 1.48 bits per heavy atom. The van der Waals surface area contributed by atoms with Crippen LogP contribution in [0.4, 0.5) is 14.5 Å². The molecule has 0 spiro atoms. The molecule has 0 unspecified atom stereocenters. The number of halogens is 2. The second-order valence-electron chi connectivity index (χ2n) is 3.77. The molecule has 0 saturated carbocycles. The van der Waals surface area contributed by atoms with E-state index in [1.807, 2.05) is 0 Å². The zero-order valence-electron chi connectivity index (χ0n) is 10.3. The molecule has 0 aliphatic rings. The maximum absolute atomic E-state index is 13.7. The SMILES string of the molecule is Cc1nc(Sc2c([N+](=O)[O-])ccc(F)c2F)sc1C(=O)O. The van der Waals surface area contributed by atoms with Crippen molar-refractivity contribution in [3.05, 3.63) is 44.5 Å². The van der Waals surface area contributed by atoms with Gasteiger partial charge in [-0.25, -0.2) is 18.6 Å². The summed E-state index contributed by atoms with van der Waals surface area (Å²) in [5, 5.41) is 19.8. The number of hydrogen-bond acceptors (Lipinski definition) is 6. The lowest BCUT2D eigenvalue weighted by molar-refractivity contribution is -0.388. The second kappa shape index (κ2) is 5.74. The van der Waals surface area contributed by atoms with Gasteiger partial charge in [0.2, 0.25) is 0 Å². The molecule has 0 aliphatic carbocycles. The molecule has 0 atom stereocenters. The first kappa shape index (κ1) is 15.3. The number of carboxylic acid groups (broad SMARTS) is 1. The van der Waals surface area contributed by atoms with E-state index in [4.69, 9.17) is 5.11 Å². The zero-order valence-corrected chi connectivity index (χ0v) is 11.9. The van der Waals surface area contributed by atoms with Crippen LogP contribution in [0.5, 0.6) is 0 Å². The van der Waals surface area contributed by atoms with E-state index in [2.05, 4.69) is 4.98 Å². The zero-order chi connectivity index (χ0) is 15.7. The van der Waals surface area contributed by atoms with Crippen molar-refractivity contribution in [3.8, 4) is 0 Å². The number of nitrogens with zero attached hydrogens (tertiary/aromatic N) is 2. The molecule has 0 bridgehead atoms. The van der Waals surface area contributed by atoms with Crippen LogP contribution in [0, 0.1) is 28.7 Å². The van der Waals surface area contributed by atoms with Gasteiger partial charge in [0.25, 0.3) is 5.69 Å². The smallest absolute Gasteiger partial charge is 0.347 e. The number of thiazole rings is 1. The molecule has 0 radical (unpaired) electrons. The van der Waals surface area contributed by atoms with Crippen molar-refractivity contribution in [1.82, 2.24) is 4.98 Å². The van der Waals surface area contributed by atoms with Crippen molar-refractivity contribution in [2.75, 3.05) is 0 Å². The Bertz CT molecular complexity index is 748. The van der Waals surface area contributed by atoms with E-state index in [9.17, 15) is 23.7 Å². The van der Waals surface area contributed by atoms with Crippen LogP contribution in [0.3, 0.4) is 0 Å². The van der Waals surface area contributed by atoms with Gasteiger partial charge in [0, 0.05) is 6.07 Å². The van der Waals surface area contributed by atoms with Gasteiger partial charge in [0.05, 0.1) is 10.6 Å². The number of hydrogen-bond donors (Lipinski definition) is 1. The van der Waals surface area contributed by atoms with Crippen molar-refractivity contribution in [3.63, 3.8) is 0 Å². The molecule has 1 aromatic carbocycles. The van der Waals surface area contributed by atoms with Crippen molar-refractivity contribution in [2.24, 2.45) is 0 Å². The second-order valence-corrected chi connectivity index (χ2v) is 6.02. The summed E-state index contributed by atoms with van der Waals surface area (Å²) >= 11 is 1.26. The first-order valence-electron chi connectivity index (χ1n) is 5.32. The molecule has 6 nitrogen and oxygen atoms in total. The molecule has 1 N–H and O–H groups in total. The van der Waals surface area contributed by atoms with Crippen LogP contribution >= 0.6 is 23.1 Å². The van der Waals surface area contributed by atoms with E-state index in [-0.39, 0.29) is 14.9 Å². The van der Waals surface area contributed by atoms with Gasteiger partial charge in [-0.05, 0) is 24.8 Å². The number of aryl methyl sites for hydroxylation is 1. The van der Waals surface area contributed by atoms with Gasteiger partial charge in [0.1, 0.15) is 9.77 Å². The van der Waals surface area contributed by atoms with Crippen LogP contribution in [-0.4, -0.2) is 21.0 Å². The van der Waals surface area contributed by atoms with E-state index < -0.39 is 33.1 Å². The molecular weight excluding hydrogens is 326 g/mol. The highest BCUT2D eigenvalue weighted by molar-refractivity contribution is 8.01. The predicted octanol–water partition coefficient (Wildman–Crippen LogP) is 3.49. The number of nitro benzene ring substituents is 1. The maximum atomic E-state index is 13.7. The predicted molar refractivity (Wildman–Crippen MR) is 70.9 cm³/mol. The lowest BCUT2D eigenvalue weighted by atomic mass is 10.3. The Balaban J connectivity index is 2.48. The third-order valence-corrected chi connectivity index (χ3v) is 4.68. The molecular formula is C11H6F2N2O4S2. The third kappa shape index (κ3) is 3.00. The lowest BCUT2D eigenvalue weighted by Gasteiger charge is -2.02. The number of nitro groups is 1. The van der Waals surface area contributed by atoms with Gasteiger partial charge >= 0.3 is 5.97 Å². The third-order valence-electron chi connectivity index (χ3n) is 2.39. The average Bonchev–Trinajstić information content (AvgIpc) is 2.76. The first-order chi connectivity index (χ1) is 9.81. The fourth-order valence-electron chi connectivity index (χ4n) is 1.46. The number of aromatic nitrogens is 1. The molecule has 21 heavy (non-hydrogen) atoms. The Morgan fingerprint density at radius 2 is 2.14 bits per heavy atom.